The zero-order valence-electron chi connectivity index (χ0n) is 9.33. The van der Waals surface area contributed by atoms with Gasteiger partial charge in [-0.15, -0.1) is 0 Å². The van der Waals surface area contributed by atoms with Gasteiger partial charge in [-0.2, -0.15) is 4.98 Å². The van der Waals surface area contributed by atoms with Gasteiger partial charge in [0.2, 0.25) is 11.7 Å². The second-order valence-corrected chi connectivity index (χ2v) is 4.09. The Balaban J connectivity index is 1.83. The van der Waals surface area contributed by atoms with Gasteiger partial charge >= 0.3 is 0 Å². The van der Waals surface area contributed by atoms with Crippen LogP contribution in [0.5, 0.6) is 0 Å². The molecule has 0 spiro atoms. The molecule has 1 saturated heterocycles. The standard InChI is InChI=1S/C11H13N5O/c1-2-8(6-12-3-1)11-15-10(16-17-11)9-7-13-4-5-14-9/h4-5,7-8,12H,1-3,6H2/t8-/m0/s1. The molecule has 88 valence electrons. The first kappa shape index (κ1) is 10.3. The lowest BCUT2D eigenvalue weighted by atomic mass is 10.00. The predicted molar refractivity (Wildman–Crippen MR) is 60.2 cm³/mol. The first-order chi connectivity index (χ1) is 8.43. The Morgan fingerprint density at radius 3 is 3.12 bits per heavy atom. The SMILES string of the molecule is c1cnc(-c2noc([C@H]3CCCNC3)n2)cn1. The minimum absolute atomic E-state index is 0.321. The van der Waals surface area contributed by atoms with Crippen molar-refractivity contribution in [1.29, 1.82) is 0 Å². The van der Waals surface area contributed by atoms with E-state index < -0.39 is 0 Å². The molecule has 1 fully saturated rings. The molecule has 0 radical (unpaired) electrons. The van der Waals surface area contributed by atoms with Crippen LogP contribution in [-0.2, 0) is 0 Å². The topological polar surface area (TPSA) is 76.7 Å². The second-order valence-electron chi connectivity index (χ2n) is 4.09. The lowest BCUT2D eigenvalue weighted by Crippen LogP contribution is -2.28. The van der Waals surface area contributed by atoms with E-state index >= 15 is 0 Å². The molecule has 17 heavy (non-hydrogen) atoms. The van der Waals surface area contributed by atoms with Gasteiger partial charge in [-0.05, 0) is 19.4 Å². The fraction of sp³-hybridized carbons (Fsp3) is 0.455. The molecule has 3 heterocycles. The number of nitrogens with zero attached hydrogens (tertiary/aromatic N) is 4. The Kier molecular flexibility index (Phi) is 2.79. The lowest BCUT2D eigenvalue weighted by molar-refractivity contribution is 0.322. The van der Waals surface area contributed by atoms with Crippen LogP contribution in [0.15, 0.2) is 23.1 Å². The molecule has 1 N–H and O–H groups in total. The highest BCUT2D eigenvalue weighted by Gasteiger charge is 2.21. The maximum Gasteiger partial charge on any atom is 0.231 e. The summed E-state index contributed by atoms with van der Waals surface area (Å²) < 4.78 is 5.29. The number of rotatable bonds is 2. The summed E-state index contributed by atoms with van der Waals surface area (Å²) in [5.41, 5.74) is 0.645. The molecule has 1 atom stereocenters. The van der Waals surface area contributed by atoms with E-state index in [1.807, 2.05) is 0 Å². The molecule has 0 saturated carbocycles. The van der Waals surface area contributed by atoms with E-state index in [-0.39, 0.29) is 0 Å². The number of hydrogen-bond acceptors (Lipinski definition) is 6. The van der Waals surface area contributed by atoms with Crippen LogP contribution in [0.1, 0.15) is 24.7 Å². The van der Waals surface area contributed by atoms with Crippen LogP contribution in [0.4, 0.5) is 0 Å². The van der Waals surface area contributed by atoms with Gasteiger partial charge < -0.3 is 9.84 Å². The molecule has 2 aromatic rings. The molecule has 6 heteroatoms. The Labute approximate surface area is 98.5 Å². The van der Waals surface area contributed by atoms with E-state index in [1.165, 1.54) is 0 Å². The van der Waals surface area contributed by atoms with E-state index in [0.29, 0.717) is 23.3 Å². The van der Waals surface area contributed by atoms with Crippen LogP contribution in [0.3, 0.4) is 0 Å². The van der Waals surface area contributed by atoms with E-state index in [4.69, 9.17) is 4.52 Å². The molecular formula is C11H13N5O. The molecule has 0 unspecified atom stereocenters. The minimum atomic E-state index is 0.321. The molecule has 0 aromatic carbocycles. The summed E-state index contributed by atoms with van der Waals surface area (Å²) in [6.07, 6.45) is 7.11. The van der Waals surface area contributed by atoms with Gasteiger partial charge in [0.25, 0.3) is 0 Å². The van der Waals surface area contributed by atoms with Crippen LogP contribution in [0.25, 0.3) is 11.5 Å². The average Bonchev–Trinajstić information content (AvgIpc) is 2.90. The van der Waals surface area contributed by atoms with Gasteiger partial charge in [0.1, 0.15) is 5.69 Å². The fourth-order valence-electron chi connectivity index (χ4n) is 1.98. The monoisotopic (exact) mass is 231 g/mol. The van der Waals surface area contributed by atoms with Crippen molar-refractivity contribution < 1.29 is 4.52 Å². The molecule has 1 aliphatic rings. The van der Waals surface area contributed by atoms with Crippen molar-refractivity contribution >= 4 is 0 Å². The molecule has 2 aromatic heterocycles. The van der Waals surface area contributed by atoms with Gasteiger partial charge in [-0.3, -0.25) is 4.98 Å². The van der Waals surface area contributed by atoms with Crippen LogP contribution < -0.4 is 5.32 Å². The van der Waals surface area contributed by atoms with Gasteiger partial charge in [-0.25, -0.2) is 4.98 Å². The summed E-state index contributed by atoms with van der Waals surface area (Å²) in [5.74, 6) is 1.53. The molecule has 3 rings (SSSR count). The lowest BCUT2D eigenvalue weighted by Gasteiger charge is -2.18. The zero-order valence-corrected chi connectivity index (χ0v) is 9.33. The van der Waals surface area contributed by atoms with Crippen LogP contribution >= 0.6 is 0 Å². The van der Waals surface area contributed by atoms with E-state index in [0.717, 1.165) is 25.9 Å². The number of aromatic nitrogens is 4. The van der Waals surface area contributed by atoms with E-state index in [2.05, 4.69) is 25.4 Å². The normalized spacial score (nSPS) is 20.4. The average molecular weight is 231 g/mol. The van der Waals surface area contributed by atoms with Crippen molar-refractivity contribution in [3.05, 3.63) is 24.5 Å². The Bertz CT molecular complexity index is 478. The highest BCUT2D eigenvalue weighted by molar-refractivity contribution is 5.45. The Hall–Kier alpha value is -1.82. The van der Waals surface area contributed by atoms with Crippen molar-refractivity contribution in [2.45, 2.75) is 18.8 Å². The van der Waals surface area contributed by atoms with Gasteiger partial charge in [0.15, 0.2) is 0 Å². The van der Waals surface area contributed by atoms with Crippen LogP contribution in [0.2, 0.25) is 0 Å². The van der Waals surface area contributed by atoms with Crippen molar-refractivity contribution in [1.82, 2.24) is 25.4 Å². The van der Waals surface area contributed by atoms with Crippen molar-refractivity contribution in [3.63, 3.8) is 0 Å². The van der Waals surface area contributed by atoms with Crippen LogP contribution in [0, 0.1) is 0 Å². The van der Waals surface area contributed by atoms with Crippen molar-refractivity contribution in [2.24, 2.45) is 0 Å². The summed E-state index contributed by atoms with van der Waals surface area (Å²) in [7, 11) is 0. The third-order valence-electron chi connectivity index (χ3n) is 2.88. The highest BCUT2D eigenvalue weighted by atomic mass is 16.5. The number of hydrogen-bond donors (Lipinski definition) is 1. The van der Waals surface area contributed by atoms with E-state index in [9.17, 15) is 0 Å². The van der Waals surface area contributed by atoms with E-state index in [1.54, 1.807) is 18.6 Å². The summed E-state index contributed by atoms with van der Waals surface area (Å²) in [5, 5.41) is 7.27. The summed E-state index contributed by atoms with van der Waals surface area (Å²) in [6, 6.07) is 0. The molecule has 0 bridgehead atoms. The minimum Gasteiger partial charge on any atom is -0.339 e. The summed E-state index contributed by atoms with van der Waals surface area (Å²) >= 11 is 0. The third-order valence-corrected chi connectivity index (χ3v) is 2.88. The quantitative estimate of drug-likeness (QED) is 0.830. The second kappa shape index (κ2) is 4.58. The van der Waals surface area contributed by atoms with Crippen molar-refractivity contribution in [2.75, 3.05) is 13.1 Å². The Morgan fingerprint density at radius 1 is 1.35 bits per heavy atom. The predicted octanol–water partition coefficient (Wildman–Crippen LogP) is 0.994. The van der Waals surface area contributed by atoms with Crippen molar-refractivity contribution in [3.8, 4) is 11.5 Å². The molecule has 0 aliphatic carbocycles. The largest absolute Gasteiger partial charge is 0.339 e. The first-order valence-corrected chi connectivity index (χ1v) is 5.74. The highest BCUT2D eigenvalue weighted by Crippen LogP contribution is 2.23. The molecule has 0 amide bonds. The van der Waals surface area contributed by atoms with Gasteiger partial charge in [0.05, 0.1) is 12.1 Å². The molecular weight excluding hydrogens is 218 g/mol. The first-order valence-electron chi connectivity index (χ1n) is 5.74. The summed E-state index contributed by atoms with van der Waals surface area (Å²) in [4.78, 5) is 12.5. The smallest absolute Gasteiger partial charge is 0.231 e. The maximum absolute atomic E-state index is 5.29. The molecule has 6 nitrogen and oxygen atoms in total. The van der Waals surface area contributed by atoms with Gasteiger partial charge in [0, 0.05) is 18.9 Å². The summed E-state index contributed by atoms with van der Waals surface area (Å²) in [6.45, 7) is 1.98. The zero-order chi connectivity index (χ0) is 11.5. The van der Waals surface area contributed by atoms with Gasteiger partial charge in [-0.1, -0.05) is 5.16 Å². The maximum atomic E-state index is 5.29. The Morgan fingerprint density at radius 2 is 2.35 bits per heavy atom. The number of piperidine rings is 1. The number of nitrogens with one attached hydrogen (secondary N) is 1. The molecule has 1 aliphatic heterocycles. The third kappa shape index (κ3) is 2.16. The van der Waals surface area contributed by atoms with Crippen LogP contribution in [-0.4, -0.2) is 33.2 Å². The fourth-order valence-corrected chi connectivity index (χ4v) is 1.98.